The van der Waals surface area contributed by atoms with Crippen LogP contribution in [0.3, 0.4) is 0 Å². The van der Waals surface area contributed by atoms with Gasteiger partial charge in [-0.05, 0) is 0 Å². The van der Waals surface area contributed by atoms with Crippen LogP contribution in [0.15, 0.2) is 30.9 Å². The van der Waals surface area contributed by atoms with Crippen molar-refractivity contribution in [1.29, 1.82) is 0 Å². The van der Waals surface area contributed by atoms with Crippen LogP contribution in [-0.4, -0.2) is 11.7 Å². The zero-order valence-corrected chi connectivity index (χ0v) is 8.85. The van der Waals surface area contributed by atoms with Gasteiger partial charge in [0.2, 0.25) is 0 Å². The summed E-state index contributed by atoms with van der Waals surface area (Å²) in [7, 11) is 0. The molecule has 0 spiro atoms. The molecule has 44 valence electrons. The molecule has 0 rings (SSSR count). The average Bonchev–Trinajstić information content (AvgIpc) is 1.83. The largest absolute Gasteiger partial charge is 1.00 e. The van der Waals surface area contributed by atoms with E-state index in [1.165, 1.54) is 6.08 Å². The monoisotopic (exact) mass is 148 g/mol. The smallest absolute Gasteiger partial charge is 0.394 e. The van der Waals surface area contributed by atoms with Crippen LogP contribution < -0.4 is 51.4 Å². The molecule has 0 amide bonds. The Balaban J connectivity index is 0. The van der Waals surface area contributed by atoms with Gasteiger partial charge in [0.1, 0.15) is 0 Å². The minimum absolute atomic E-state index is 0. The van der Waals surface area contributed by atoms with Gasteiger partial charge in [-0.15, -0.1) is 5.57 Å². The molecule has 1 nitrogen and oxygen atoms in total. The molecule has 0 aromatic heterocycles. The van der Waals surface area contributed by atoms with Gasteiger partial charge in [-0.25, -0.2) is 0 Å². The van der Waals surface area contributed by atoms with Crippen molar-refractivity contribution in [1.82, 2.24) is 0 Å². The Morgan fingerprint density at radius 2 is 2.11 bits per heavy atom. The summed E-state index contributed by atoms with van der Waals surface area (Å²) in [4.78, 5) is 0. The second-order valence-electron chi connectivity index (χ2n) is 1.24. The number of rotatable bonds is 3. The maximum absolute atomic E-state index is 8.44. The van der Waals surface area contributed by atoms with Crippen molar-refractivity contribution in [2.45, 2.75) is 0 Å². The predicted octanol–water partition coefficient (Wildman–Crippen LogP) is -1.92. The Hall–Kier alpha value is 0.816. The van der Waals surface area contributed by atoms with E-state index in [1.807, 2.05) is 0 Å². The molecule has 0 radical (unpaired) electrons. The molecule has 0 aliphatic rings. The second kappa shape index (κ2) is 8.82. The van der Waals surface area contributed by atoms with Gasteiger partial charge in [-0.1, -0.05) is 0 Å². The van der Waals surface area contributed by atoms with Crippen LogP contribution in [0.2, 0.25) is 0 Å². The molecule has 0 saturated heterocycles. The Labute approximate surface area is 98.6 Å². The molecular formula is C7H9KO. The first-order valence-electron chi connectivity index (χ1n) is 2.31. The first-order valence-corrected chi connectivity index (χ1v) is 2.31. The molecule has 0 aromatic carbocycles. The van der Waals surface area contributed by atoms with Gasteiger partial charge in [0, 0.05) is 6.61 Å². The van der Waals surface area contributed by atoms with Gasteiger partial charge in [-0.2, -0.15) is 31.4 Å². The fourth-order valence-electron chi connectivity index (χ4n) is 0.300. The van der Waals surface area contributed by atoms with E-state index in [0.29, 0.717) is 5.57 Å². The van der Waals surface area contributed by atoms with Crippen LogP contribution in [0.5, 0.6) is 0 Å². The SMILES string of the molecule is C=C[C-]=C(C=C)CO.[K+]. The van der Waals surface area contributed by atoms with Crippen molar-refractivity contribution in [2.24, 2.45) is 0 Å². The van der Waals surface area contributed by atoms with Crippen LogP contribution in [-0.2, 0) is 0 Å². The van der Waals surface area contributed by atoms with Crippen LogP contribution in [0.4, 0.5) is 0 Å². The molecule has 0 heterocycles. The van der Waals surface area contributed by atoms with Crippen molar-refractivity contribution in [2.75, 3.05) is 6.61 Å². The number of allylic oxidation sites excluding steroid dienone is 2. The topological polar surface area (TPSA) is 20.2 Å². The van der Waals surface area contributed by atoms with Gasteiger partial charge in [0.05, 0.1) is 0 Å². The van der Waals surface area contributed by atoms with Crippen LogP contribution in [0, 0.1) is 6.08 Å². The van der Waals surface area contributed by atoms with Crippen LogP contribution >= 0.6 is 0 Å². The molecule has 9 heavy (non-hydrogen) atoms. The fourth-order valence-corrected chi connectivity index (χ4v) is 0.300. The summed E-state index contributed by atoms with van der Waals surface area (Å²) in [5.41, 5.74) is 0.667. The molecule has 0 aliphatic carbocycles. The number of hydrogen-bond donors (Lipinski definition) is 1. The van der Waals surface area contributed by atoms with Gasteiger partial charge >= 0.3 is 51.4 Å². The summed E-state index contributed by atoms with van der Waals surface area (Å²) in [6.45, 7) is 6.83. The summed E-state index contributed by atoms with van der Waals surface area (Å²) in [6, 6.07) is 0. The molecule has 0 bridgehead atoms. The standard InChI is InChI=1S/C7H9O.K/c1-3-5-7(4-2)6-8;/h3-4,8H,1-2,6H2;/q-1;+1. The van der Waals surface area contributed by atoms with Crippen molar-refractivity contribution < 1.29 is 56.5 Å². The molecule has 0 aliphatic heterocycles. The molecule has 2 heteroatoms. The minimum Gasteiger partial charge on any atom is -0.394 e. The number of aliphatic hydroxyl groups excluding tert-OH is 1. The van der Waals surface area contributed by atoms with Gasteiger partial charge in [0.15, 0.2) is 0 Å². The van der Waals surface area contributed by atoms with Crippen LogP contribution in [0.1, 0.15) is 0 Å². The van der Waals surface area contributed by atoms with E-state index < -0.39 is 0 Å². The molecule has 0 fully saturated rings. The fraction of sp³-hybridized carbons (Fsp3) is 0.143. The van der Waals surface area contributed by atoms with Crippen molar-refractivity contribution >= 4 is 0 Å². The molecule has 1 N–H and O–H groups in total. The quantitative estimate of drug-likeness (QED) is 0.281. The summed E-state index contributed by atoms with van der Waals surface area (Å²) in [5, 5.41) is 8.44. The average molecular weight is 148 g/mol. The molecule has 0 aromatic rings. The summed E-state index contributed by atoms with van der Waals surface area (Å²) >= 11 is 0. The van der Waals surface area contributed by atoms with Gasteiger partial charge in [0.25, 0.3) is 0 Å². The third-order valence-electron chi connectivity index (χ3n) is 0.704. The Bertz CT molecular complexity index is 116. The maximum atomic E-state index is 8.44. The van der Waals surface area contributed by atoms with E-state index in [1.54, 1.807) is 6.08 Å². The second-order valence-corrected chi connectivity index (χ2v) is 1.24. The van der Waals surface area contributed by atoms with Crippen molar-refractivity contribution in [3.8, 4) is 0 Å². The first kappa shape index (κ1) is 12.5. The van der Waals surface area contributed by atoms with E-state index in [4.69, 9.17) is 5.11 Å². The molecule has 0 saturated carbocycles. The third kappa shape index (κ3) is 6.70. The van der Waals surface area contributed by atoms with E-state index in [-0.39, 0.29) is 58.0 Å². The number of hydrogen-bond acceptors (Lipinski definition) is 1. The van der Waals surface area contributed by atoms with Crippen molar-refractivity contribution in [3.05, 3.63) is 37.0 Å². The first-order chi connectivity index (χ1) is 3.85. The van der Waals surface area contributed by atoms with E-state index in [9.17, 15) is 0 Å². The van der Waals surface area contributed by atoms with E-state index in [2.05, 4.69) is 19.2 Å². The molecule has 0 unspecified atom stereocenters. The Morgan fingerprint density at radius 1 is 1.56 bits per heavy atom. The van der Waals surface area contributed by atoms with Crippen LogP contribution in [0.25, 0.3) is 0 Å². The summed E-state index contributed by atoms with van der Waals surface area (Å²) in [6.07, 6.45) is 5.73. The zero-order valence-electron chi connectivity index (χ0n) is 5.72. The molecule has 0 atom stereocenters. The Kier molecular flexibility index (Phi) is 12.2. The Morgan fingerprint density at radius 3 is 2.22 bits per heavy atom. The van der Waals surface area contributed by atoms with E-state index >= 15 is 0 Å². The van der Waals surface area contributed by atoms with E-state index in [0.717, 1.165) is 0 Å². The normalized spacial score (nSPS) is 9.67. The van der Waals surface area contributed by atoms with Gasteiger partial charge < -0.3 is 5.11 Å². The summed E-state index contributed by atoms with van der Waals surface area (Å²) in [5.74, 6) is 0. The molecular weight excluding hydrogens is 139 g/mol. The predicted molar refractivity (Wildman–Crippen MR) is 34.2 cm³/mol. The van der Waals surface area contributed by atoms with Gasteiger partial charge in [-0.3, -0.25) is 0 Å². The summed E-state index contributed by atoms with van der Waals surface area (Å²) < 4.78 is 0. The third-order valence-corrected chi connectivity index (χ3v) is 0.704. The minimum atomic E-state index is -0.0183. The zero-order chi connectivity index (χ0) is 6.41. The van der Waals surface area contributed by atoms with Crippen molar-refractivity contribution in [3.63, 3.8) is 0 Å². The maximum Gasteiger partial charge on any atom is 1.00 e. The number of aliphatic hydroxyl groups is 1.